The van der Waals surface area contributed by atoms with E-state index < -0.39 is 11.5 Å². The highest BCUT2D eigenvalue weighted by atomic mass is 35.5. The third-order valence-electron chi connectivity index (χ3n) is 7.45. The lowest BCUT2D eigenvalue weighted by Crippen LogP contribution is -2.27. The summed E-state index contributed by atoms with van der Waals surface area (Å²) in [4.78, 5) is 27.9. The van der Waals surface area contributed by atoms with E-state index in [2.05, 4.69) is 0 Å². The number of esters is 1. The predicted molar refractivity (Wildman–Crippen MR) is 182 cm³/mol. The molecule has 12 heteroatoms. The molecule has 0 aliphatic carbocycles. The molecule has 4 aromatic carbocycles. The first-order valence-electron chi connectivity index (χ1n) is 14.1. The minimum atomic E-state index is -0.730. The molecule has 0 spiro atoms. The van der Waals surface area contributed by atoms with Crippen molar-refractivity contribution in [2.24, 2.45) is 0 Å². The number of hydrogen-bond acceptors (Lipinski definition) is 10. The number of methoxy groups -OCH3 is 6. The van der Waals surface area contributed by atoms with E-state index in [-0.39, 0.29) is 30.1 Å². The van der Waals surface area contributed by atoms with Crippen molar-refractivity contribution in [2.75, 3.05) is 48.4 Å². The maximum Gasteiger partial charge on any atom is 0.355 e. The largest absolute Gasteiger partial charge is 0.497 e. The van der Waals surface area contributed by atoms with E-state index in [9.17, 15) is 9.59 Å². The Hall–Kier alpha value is -5.55. The second-order valence-corrected chi connectivity index (χ2v) is 10.1. The monoisotopic (exact) mass is 662 g/mol. The Morgan fingerprint density at radius 2 is 1.32 bits per heavy atom. The molecule has 47 heavy (non-hydrogen) atoms. The first-order chi connectivity index (χ1) is 22.3. The highest BCUT2D eigenvalue weighted by molar-refractivity contribution is 6.08. The predicted octanol–water partition coefficient (Wildman–Crippen LogP) is 6.07. The summed E-state index contributed by atoms with van der Waals surface area (Å²) in [7, 11) is 8.90. The van der Waals surface area contributed by atoms with Gasteiger partial charge < -0.3 is 38.9 Å². The zero-order valence-electron chi connectivity index (χ0n) is 26.7. The van der Waals surface area contributed by atoms with Gasteiger partial charge in [-0.05, 0) is 83.2 Å². The molecule has 0 aliphatic rings. The molecule has 11 nitrogen and oxygen atoms in total. The number of anilines is 1. The SMILES string of the molecule is COC(=O)c1c(-c2cc(OC)c(OC)c(OC)c2)c2ccc(OCc3cc(OC)cc(OC)c3)cc2c(=O)n1-c1ccc(N)cc1.Cl. The van der Waals surface area contributed by atoms with Gasteiger partial charge in [0.1, 0.15) is 29.5 Å². The number of nitrogen functional groups attached to an aromatic ring is 1. The van der Waals surface area contributed by atoms with Gasteiger partial charge in [-0.1, -0.05) is 0 Å². The lowest BCUT2D eigenvalue weighted by atomic mass is 9.95. The highest BCUT2D eigenvalue weighted by Gasteiger charge is 2.27. The van der Waals surface area contributed by atoms with Gasteiger partial charge in [-0.2, -0.15) is 0 Å². The summed E-state index contributed by atoms with van der Waals surface area (Å²) < 4.78 is 40.2. The molecule has 0 saturated carbocycles. The van der Waals surface area contributed by atoms with Crippen molar-refractivity contribution >= 4 is 34.8 Å². The number of carbonyl (C=O) groups excluding carboxylic acids is 1. The molecule has 246 valence electrons. The summed E-state index contributed by atoms with van der Waals surface area (Å²) in [6.45, 7) is 0.172. The van der Waals surface area contributed by atoms with Crippen molar-refractivity contribution in [2.45, 2.75) is 6.61 Å². The number of benzene rings is 4. The second kappa shape index (κ2) is 14.7. The Balaban J connectivity index is 0.00000500. The Kier molecular flexibility index (Phi) is 10.7. The molecule has 0 unspecified atom stereocenters. The molecule has 0 aliphatic heterocycles. The molecular weight excluding hydrogens is 628 g/mol. The van der Waals surface area contributed by atoms with Crippen LogP contribution < -0.4 is 39.7 Å². The molecule has 0 saturated heterocycles. The number of rotatable bonds is 11. The fourth-order valence-electron chi connectivity index (χ4n) is 5.26. The zero-order chi connectivity index (χ0) is 33.0. The number of fused-ring (bicyclic) bond motifs is 1. The Morgan fingerprint density at radius 1 is 0.702 bits per heavy atom. The lowest BCUT2D eigenvalue weighted by molar-refractivity contribution is 0.0591. The third-order valence-corrected chi connectivity index (χ3v) is 7.45. The first-order valence-corrected chi connectivity index (χ1v) is 14.1. The van der Waals surface area contributed by atoms with Crippen LogP contribution >= 0.6 is 12.4 Å². The van der Waals surface area contributed by atoms with Gasteiger partial charge in [0.25, 0.3) is 5.56 Å². The van der Waals surface area contributed by atoms with Crippen molar-refractivity contribution < 1.29 is 38.0 Å². The number of nitrogens with two attached hydrogens (primary N) is 1. The van der Waals surface area contributed by atoms with Crippen LogP contribution in [0.4, 0.5) is 5.69 Å². The molecule has 0 amide bonds. The fraction of sp³-hybridized carbons (Fsp3) is 0.200. The van der Waals surface area contributed by atoms with E-state index in [1.165, 1.54) is 33.0 Å². The minimum absolute atomic E-state index is 0. The maximum atomic E-state index is 14.3. The summed E-state index contributed by atoms with van der Waals surface area (Å²) in [5.74, 6) is 2.03. The second-order valence-electron chi connectivity index (χ2n) is 10.1. The standard InChI is InChI=1S/C35H34N2O9.ClH/c1-40-25-13-20(14-26(17-25)41-2)19-46-24-11-12-27-28(18-24)34(38)37(23-9-7-22(36)8-10-23)32(35(39)45-6)31(27)21-15-29(42-3)33(44-5)30(16-21)43-4;/h7-18H,19,36H2,1-6H3;1H. The Labute approximate surface area is 277 Å². The molecule has 0 radical (unpaired) electrons. The summed E-state index contributed by atoms with van der Waals surface area (Å²) >= 11 is 0. The number of aromatic nitrogens is 1. The van der Waals surface area contributed by atoms with Gasteiger partial charge in [-0.3, -0.25) is 9.36 Å². The van der Waals surface area contributed by atoms with Crippen LogP contribution in [0.2, 0.25) is 0 Å². The average Bonchev–Trinajstić information content (AvgIpc) is 3.09. The van der Waals surface area contributed by atoms with Crippen LogP contribution in [0.1, 0.15) is 16.1 Å². The van der Waals surface area contributed by atoms with Crippen molar-refractivity contribution in [3.05, 3.63) is 94.4 Å². The summed E-state index contributed by atoms with van der Waals surface area (Å²) in [6, 6.07) is 20.6. The average molecular weight is 663 g/mol. The number of hydrogen-bond donors (Lipinski definition) is 1. The molecule has 0 bridgehead atoms. The summed E-state index contributed by atoms with van der Waals surface area (Å²) in [5, 5.41) is 0.760. The van der Waals surface area contributed by atoms with Crippen LogP contribution in [0.25, 0.3) is 27.6 Å². The third kappa shape index (κ3) is 6.70. The van der Waals surface area contributed by atoms with Gasteiger partial charge in [-0.25, -0.2) is 4.79 Å². The van der Waals surface area contributed by atoms with Crippen LogP contribution in [0.3, 0.4) is 0 Å². The molecule has 1 aromatic heterocycles. The highest BCUT2D eigenvalue weighted by Crippen LogP contribution is 2.44. The number of halogens is 1. The van der Waals surface area contributed by atoms with Gasteiger partial charge in [0.2, 0.25) is 5.75 Å². The molecule has 2 N–H and O–H groups in total. The quantitative estimate of drug-likeness (QED) is 0.131. The number of pyridine rings is 1. The number of carbonyl (C=O) groups is 1. The van der Waals surface area contributed by atoms with Crippen LogP contribution in [0.15, 0.2) is 77.6 Å². The van der Waals surface area contributed by atoms with Gasteiger partial charge in [0, 0.05) is 23.0 Å². The molecule has 1 heterocycles. The zero-order valence-corrected chi connectivity index (χ0v) is 27.6. The smallest absolute Gasteiger partial charge is 0.355 e. The Morgan fingerprint density at radius 3 is 1.85 bits per heavy atom. The molecular formula is C35H35ClN2O9. The minimum Gasteiger partial charge on any atom is -0.497 e. The first kappa shape index (κ1) is 34.3. The van der Waals surface area contributed by atoms with Crippen molar-refractivity contribution in [3.63, 3.8) is 0 Å². The molecule has 5 aromatic rings. The summed E-state index contributed by atoms with van der Waals surface area (Å²) in [5.41, 5.74) is 8.10. The van der Waals surface area contributed by atoms with Crippen molar-refractivity contribution in [1.82, 2.24) is 4.57 Å². The van der Waals surface area contributed by atoms with E-state index in [1.54, 1.807) is 74.9 Å². The van der Waals surface area contributed by atoms with Crippen LogP contribution in [-0.2, 0) is 11.3 Å². The van der Waals surface area contributed by atoms with Crippen LogP contribution in [0.5, 0.6) is 34.5 Å². The topological polar surface area (TPSA) is 130 Å². The van der Waals surface area contributed by atoms with E-state index in [4.69, 9.17) is 38.9 Å². The lowest BCUT2D eigenvalue weighted by Gasteiger charge is -2.21. The van der Waals surface area contributed by atoms with Crippen LogP contribution in [0, 0.1) is 0 Å². The van der Waals surface area contributed by atoms with Gasteiger partial charge in [-0.15, -0.1) is 12.4 Å². The van der Waals surface area contributed by atoms with Gasteiger partial charge in [0.05, 0.1) is 48.0 Å². The molecule has 0 atom stereocenters. The van der Waals surface area contributed by atoms with E-state index >= 15 is 0 Å². The van der Waals surface area contributed by atoms with E-state index in [0.29, 0.717) is 62.4 Å². The molecule has 0 fully saturated rings. The number of ether oxygens (including phenoxy) is 7. The normalized spacial score (nSPS) is 10.5. The van der Waals surface area contributed by atoms with Crippen molar-refractivity contribution in [1.29, 1.82) is 0 Å². The fourth-order valence-corrected chi connectivity index (χ4v) is 5.26. The van der Waals surface area contributed by atoms with Gasteiger partial charge in [0.15, 0.2) is 11.5 Å². The molecule has 5 rings (SSSR count). The Bertz CT molecular complexity index is 1930. The summed E-state index contributed by atoms with van der Waals surface area (Å²) in [6.07, 6.45) is 0. The van der Waals surface area contributed by atoms with Gasteiger partial charge >= 0.3 is 5.97 Å². The van der Waals surface area contributed by atoms with E-state index in [0.717, 1.165) is 5.56 Å². The van der Waals surface area contributed by atoms with Crippen LogP contribution in [-0.4, -0.2) is 53.2 Å². The van der Waals surface area contributed by atoms with Crippen molar-refractivity contribution in [3.8, 4) is 51.3 Å². The maximum absolute atomic E-state index is 14.3. The number of nitrogens with zero attached hydrogens (tertiary/aromatic N) is 1. The van der Waals surface area contributed by atoms with E-state index in [1.807, 2.05) is 12.1 Å².